The maximum atomic E-state index is 14.2. The quantitative estimate of drug-likeness (QED) is 0.738. The predicted molar refractivity (Wildman–Crippen MR) is 90.6 cm³/mol. The SMILES string of the molecule is COC(=O)c1c(Nc2ccc(C)cc2F)n(C)c(=O)c2ncsc12. The fraction of sp³-hybridized carbons (Fsp3) is 0.188. The Morgan fingerprint density at radius 1 is 1.42 bits per heavy atom. The lowest BCUT2D eigenvalue weighted by molar-refractivity contribution is 0.0603. The summed E-state index contributed by atoms with van der Waals surface area (Å²) in [5, 5.41) is 2.84. The predicted octanol–water partition coefficient (Wildman–Crippen LogP) is 2.97. The summed E-state index contributed by atoms with van der Waals surface area (Å²) >= 11 is 1.15. The van der Waals surface area contributed by atoms with Crippen molar-refractivity contribution in [2.75, 3.05) is 12.4 Å². The number of esters is 1. The van der Waals surface area contributed by atoms with Crippen LogP contribution in [0.25, 0.3) is 10.2 Å². The van der Waals surface area contributed by atoms with Gasteiger partial charge in [0.1, 0.15) is 22.7 Å². The Labute approximate surface area is 140 Å². The average molecular weight is 347 g/mol. The van der Waals surface area contributed by atoms with E-state index in [2.05, 4.69) is 10.3 Å². The molecule has 0 unspecified atom stereocenters. The van der Waals surface area contributed by atoms with Crippen molar-refractivity contribution in [1.29, 1.82) is 0 Å². The highest BCUT2D eigenvalue weighted by atomic mass is 32.1. The Balaban J connectivity index is 2.27. The summed E-state index contributed by atoms with van der Waals surface area (Å²) in [6.07, 6.45) is 0. The number of aromatic nitrogens is 2. The molecule has 2 heterocycles. The molecule has 0 saturated carbocycles. The molecule has 0 spiro atoms. The number of carbonyl (C=O) groups is 1. The summed E-state index contributed by atoms with van der Waals surface area (Å²) in [5.74, 6) is -0.955. The summed E-state index contributed by atoms with van der Waals surface area (Å²) in [4.78, 5) is 28.7. The Kier molecular flexibility index (Phi) is 4.06. The first-order valence-electron chi connectivity index (χ1n) is 7.01. The van der Waals surface area contributed by atoms with Crippen LogP contribution in [0.15, 0.2) is 28.5 Å². The minimum absolute atomic E-state index is 0.150. The van der Waals surface area contributed by atoms with Crippen LogP contribution in [-0.2, 0) is 11.8 Å². The topological polar surface area (TPSA) is 73.2 Å². The first-order valence-corrected chi connectivity index (χ1v) is 7.89. The number of fused-ring (bicyclic) bond motifs is 1. The number of aryl methyl sites for hydroxylation is 1. The first-order chi connectivity index (χ1) is 11.4. The second-order valence-electron chi connectivity index (χ2n) is 5.22. The van der Waals surface area contributed by atoms with Crippen molar-refractivity contribution < 1.29 is 13.9 Å². The van der Waals surface area contributed by atoms with E-state index < -0.39 is 11.8 Å². The molecule has 2 aromatic heterocycles. The van der Waals surface area contributed by atoms with Crippen LogP contribution >= 0.6 is 11.3 Å². The molecule has 0 amide bonds. The number of methoxy groups -OCH3 is 1. The van der Waals surface area contributed by atoms with Crippen LogP contribution in [0.3, 0.4) is 0 Å². The zero-order valence-electron chi connectivity index (χ0n) is 13.2. The number of rotatable bonds is 3. The third-order valence-electron chi connectivity index (χ3n) is 3.64. The van der Waals surface area contributed by atoms with E-state index in [0.29, 0.717) is 4.70 Å². The van der Waals surface area contributed by atoms with Gasteiger partial charge in [0, 0.05) is 7.05 Å². The third-order valence-corrected chi connectivity index (χ3v) is 4.49. The monoisotopic (exact) mass is 347 g/mol. The van der Waals surface area contributed by atoms with E-state index >= 15 is 0 Å². The van der Waals surface area contributed by atoms with Crippen molar-refractivity contribution in [1.82, 2.24) is 9.55 Å². The van der Waals surface area contributed by atoms with E-state index in [0.717, 1.165) is 16.9 Å². The van der Waals surface area contributed by atoms with Gasteiger partial charge < -0.3 is 10.1 Å². The number of nitrogens with one attached hydrogen (secondary N) is 1. The zero-order chi connectivity index (χ0) is 17.4. The van der Waals surface area contributed by atoms with Crippen LogP contribution < -0.4 is 10.9 Å². The van der Waals surface area contributed by atoms with Crippen molar-refractivity contribution in [3.8, 4) is 0 Å². The minimum atomic E-state index is -0.630. The molecule has 0 fully saturated rings. The van der Waals surface area contributed by atoms with Crippen molar-refractivity contribution in [2.24, 2.45) is 7.05 Å². The molecular weight excluding hydrogens is 333 g/mol. The summed E-state index contributed by atoms with van der Waals surface area (Å²) < 4.78 is 20.6. The molecule has 0 atom stereocenters. The van der Waals surface area contributed by atoms with Crippen LogP contribution in [0.2, 0.25) is 0 Å². The van der Waals surface area contributed by atoms with Crippen molar-refractivity contribution in [3.63, 3.8) is 0 Å². The molecule has 1 N–H and O–H groups in total. The standard InChI is InChI=1S/C16H14FN3O3S/c1-8-4-5-10(9(17)6-8)19-14-11(16(22)23-3)13-12(18-7-24-13)15(21)20(14)2/h4-7,19H,1-3H3. The van der Waals surface area contributed by atoms with Crippen LogP contribution in [0.1, 0.15) is 15.9 Å². The number of thiazole rings is 1. The number of ether oxygens (including phenoxy) is 1. The Bertz CT molecular complexity index is 1010. The molecule has 6 nitrogen and oxygen atoms in total. The molecule has 24 heavy (non-hydrogen) atoms. The molecule has 0 aliphatic heterocycles. The maximum Gasteiger partial charge on any atom is 0.343 e. The highest BCUT2D eigenvalue weighted by Gasteiger charge is 2.24. The molecule has 3 aromatic rings. The van der Waals surface area contributed by atoms with Gasteiger partial charge in [-0.05, 0) is 24.6 Å². The molecule has 0 aliphatic carbocycles. The van der Waals surface area contributed by atoms with Gasteiger partial charge in [-0.1, -0.05) is 6.07 Å². The van der Waals surface area contributed by atoms with Gasteiger partial charge in [-0.25, -0.2) is 14.2 Å². The van der Waals surface area contributed by atoms with E-state index in [1.807, 2.05) is 0 Å². The minimum Gasteiger partial charge on any atom is -0.465 e. The number of pyridine rings is 1. The van der Waals surface area contributed by atoms with Gasteiger partial charge in [0.05, 0.1) is 23.0 Å². The second kappa shape index (κ2) is 6.04. The highest BCUT2D eigenvalue weighted by molar-refractivity contribution is 7.17. The van der Waals surface area contributed by atoms with E-state index in [9.17, 15) is 14.0 Å². The summed E-state index contributed by atoms with van der Waals surface area (Å²) in [5.41, 5.74) is 2.35. The second-order valence-corrected chi connectivity index (χ2v) is 6.07. The first kappa shape index (κ1) is 16.1. The van der Waals surface area contributed by atoms with E-state index in [1.165, 1.54) is 30.3 Å². The lowest BCUT2D eigenvalue weighted by Gasteiger charge is -2.16. The van der Waals surface area contributed by atoms with E-state index in [-0.39, 0.29) is 28.1 Å². The third kappa shape index (κ3) is 2.54. The normalized spacial score (nSPS) is 10.8. The number of hydrogen-bond donors (Lipinski definition) is 1. The maximum absolute atomic E-state index is 14.2. The number of anilines is 2. The fourth-order valence-electron chi connectivity index (χ4n) is 2.40. The largest absolute Gasteiger partial charge is 0.465 e. The zero-order valence-corrected chi connectivity index (χ0v) is 14.0. The molecule has 1 aromatic carbocycles. The Morgan fingerprint density at radius 2 is 2.17 bits per heavy atom. The van der Waals surface area contributed by atoms with Crippen molar-refractivity contribution >= 4 is 39.0 Å². The molecule has 0 aliphatic rings. The molecule has 0 radical (unpaired) electrons. The molecule has 0 bridgehead atoms. The van der Waals surface area contributed by atoms with Crippen LogP contribution in [0.5, 0.6) is 0 Å². The van der Waals surface area contributed by atoms with Gasteiger partial charge in [-0.2, -0.15) is 0 Å². The number of nitrogens with zero attached hydrogens (tertiary/aromatic N) is 2. The highest BCUT2D eigenvalue weighted by Crippen LogP contribution is 2.30. The molecular formula is C16H14FN3O3S. The lowest BCUT2D eigenvalue weighted by Crippen LogP contribution is -2.23. The van der Waals surface area contributed by atoms with Crippen LogP contribution in [-0.4, -0.2) is 22.6 Å². The summed E-state index contributed by atoms with van der Waals surface area (Å²) in [6, 6.07) is 4.64. The van der Waals surface area contributed by atoms with Gasteiger partial charge in [0.2, 0.25) is 0 Å². The lowest BCUT2D eigenvalue weighted by atomic mass is 10.2. The molecule has 3 rings (SSSR count). The molecule has 124 valence electrons. The van der Waals surface area contributed by atoms with Gasteiger partial charge in [-0.3, -0.25) is 9.36 Å². The number of benzene rings is 1. The van der Waals surface area contributed by atoms with Gasteiger partial charge in [-0.15, -0.1) is 11.3 Å². The van der Waals surface area contributed by atoms with Gasteiger partial charge in [0.25, 0.3) is 5.56 Å². The average Bonchev–Trinajstić information content (AvgIpc) is 3.03. The summed E-state index contributed by atoms with van der Waals surface area (Å²) in [7, 11) is 2.73. The van der Waals surface area contributed by atoms with E-state index in [1.54, 1.807) is 19.1 Å². The van der Waals surface area contributed by atoms with Gasteiger partial charge >= 0.3 is 5.97 Å². The smallest absolute Gasteiger partial charge is 0.343 e. The number of hydrogen-bond acceptors (Lipinski definition) is 6. The number of halogens is 1. The summed E-state index contributed by atoms with van der Waals surface area (Å²) in [6.45, 7) is 1.77. The fourth-order valence-corrected chi connectivity index (χ4v) is 3.21. The van der Waals surface area contributed by atoms with Crippen LogP contribution in [0, 0.1) is 12.7 Å². The Hall–Kier alpha value is -2.74. The van der Waals surface area contributed by atoms with Gasteiger partial charge in [0.15, 0.2) is 0 Å². The van der Waals surface area contributed by atoms with Crippen LogP contribution in [0.4, 0.5) is 15.9 Å². The molecule has 8 heteroatoms. The number of carbonyl (C=O) groups excluding carboxylic acids is 1. The van der Waals surface area contributed by atoms with Crippen molar-refractivity contribution in [3.05, 3.63) is 51.0 Å². The van der Waals surface area contributed by atoms with Crippen molar-refractivity contribution in [2.45, 2.75) is 6.92 Å². The molecule has 0 saturated heterocycles. The Morgan fingerprint density at radius 3 is 2.83 bits per heavy atom. The van der Waals surface area contributed by atoms with E-state index in [4.69, 9.17) is 4.74 Å².